The Kier molecular flexibility index (Phi) is 5.24. The van der Waals surface area contributed by atoms with Crippen LogP contribution in [0.3, 0.4) is 0 Å². The van der Waals surface area contributed by atoms with E-state index in [1.807, 2.05) is 0 Å². The lowest BCUT2D eigenvalue weighted by Crippen LogP contribution is -2.30. The summed E-state index contributed by atoms with van der Waals surface area (Å²) >= 11 is 0. The summed E-state index contributed by atoms with van der Waals surface area (Å²) in [4.78, 5) is 26.6. The standard InChI is InChI=1S/C14H16F3N5O3/c1-7-12(9(3)23)8(2)22(20-7)6-11(24)18-5-4-10-19-13(25-21-10)14(15,16)17/h4-6H2,1-3H3,(H,18,24). The van der Waals surface area contributed by atoms with Crippen LogP contribution in [0.4, 0.5) is 13.2 Å². The predicted octanol–water partition coefficient (Wildman–Crippen LogP) is 1.46. The van der Waals surface area contributed by atoms with Gasteiger partial charge < -0.3 is 9.84 Å². The number of hydrogen-bond acceptors (Lipinski definition) is 6. The van der Waals surface area contributed by atoms with Gasteiger partial charge in [0.2, 0.25) is 5.91 Å². The zero-order valence-electron chi connectivity index (χ0n) is 13.8. The second kappa shape index (κ2) is 7.03. The maximum absolute atomic E-state index is 12.3. The molecule has 0 aliphatic rings. The predicted molar refractivity (Wildman–Crippen MR) is 77.7 cm³/mol. The molecule has 2 aromatic rings. The van der Waals surface area contributed by atoms with Gasteiger partial charge in [0.25, 0.3) is 0 Å². The summed E-state index contributed by atoms with van der Waals surface area (Å²) in [5, 5.41) is 9.86. The largest absolute Gasteiger partial charge is 0.471 e. The van der Waals surface area contributed by atoms with Crippen LogP contribution in [0.1, 0.15) is 40.4 Å². The summed E-state index contributed by atoms with van der Waals surface area (Å²) in [7, 11) is 0. The van der Waals surface area contributed by atoms with Gasteiger partial charge in [0.15, 0.2) is 11.6 Å². The molecule has 0 atom stereocenters. The van der Waals surface area contributed by atoms with Gasteiger partial charge in [0.05, 0.1) is 11.3 Å². The summed E-state index contributed by atoms with van der Waals surface area (Å²) in [6, 6.07) is 0. The number of aromatic nitrogens is 4. The van der Waals surface area contributed by atoms with Crippen LogP contribution in [0, 0.1) is 13.8 Å². The van der Waals surface area contributed by atoms with Crippen molar-refractivity contribution in [2.75, 3.05) is 6.54 Å². The zero-order valence-corrected chi connectivity index (χ0v) is 13.8. The number of carbonyl (C=O) groups is 2. The molecule has 136 valence electrons. The fourth-order valence-corrected chi connectivity index (χ4v) is 2.34. The maximum atomic E-state index is 12.3. The molecule has 0 unspecified atom stereocenters. The van der Waals surface area contributed by atoms with Crippen LogP contribution >= 0.6 is 0 Å². The Bertz CT molecular complexity index is 794. The molecule has 0 bridgehead atoms. The number of nitrogens with one attached hydrogen (secondary N) is 1. The third-order valence-corrected chi connectivity index (χ3v) is 3.41. The van der Waals surface area contributed by atoms with Crippen molar-refractivity contribution in [1.29, 1.82) is 0 Å². The van der Waals surface area contributed by atoms with E-state index in [-0.39, 0.29) is 31.1 Å². The van der Waals surface area contributed by atoms with E-state index in [0.717, 1.165) is 0 Å². The molecule has 25 heavy (non-hydrogen) atoms. The quantitative estimate of drug-likeness (QED) is 0.784. The molecule has 2 heterocycles. The minimum Gasteiger partial charge on any atom is -0.354 e. The highest BCUT2D eigenvalue weighted by atomic mass is 19.4. The molecule has 0 saturated heterocycles. The van der Waals surface area contributed by atoms with Crippen LogP contribution in [0.15, 0.2) is 4.52 Å². The van der Waals surface area contributed by atoms with Crippen molar-refractivity contribution in [2.45, 2.75) is 39.9 Å². The molecule has 0 saturated carbocycles. The lowest BCUT2D eigenvalue weighted by molar-refractivity contribution is -0.159. The maximum Gasteiger partial charge on any atom is 0.471 e. The Labute approximate surface area is 140 Å². The van der Waals surface area contributed by atoms with Gasteiger partial charge in [-0.1, -0.05) is 5.16 Å². The van der Waals surface area contributed by atoms with E-state index >= 15 is 0 Å². The highest BCUT2D eigenvalue weighted by molar-refractivity contribution is 5.96. The smallest absolute Gasteiger partial charge is 0.354 e. The zero-order chi connectivity index (χ0) is 18.8. The first kappa shape index (κ1) is 18.6. The Morgan fingerprint density at radius 1 is 1.28 bits per heavy atom. The molecular formula is C14H16F3N5O3. The number of ketones is 1. The molecule has 0 spiro atoms. The van der Waals surface area contributed by atoms with E-state index in [2.05, 4.69) is 25.1 Å². The van der Waals surface area contributed by atoms with Gasteiger partial charge in [0.1, 0.15) is 6.54 Å². The molecule has 1 N–H and O–H groups in total. The SMILES string of the molecule is CC(=O)c1c(C)nn(CC(=O)NCCc2noc(C(F)(F)F)n2)c1C. The van der Waals surface area contributed by atoms with Crippen LogP contribution in [0.2, 0.25) is 0 Å². The van der Waals surface area contributed by atoms with Crippen molar-refractivity contribution in [1.82, 2.24) is 25.2 Å². The van der Waals surface area contributed by atoms with Crippen molar-refractivity contribution in [3.8, 4) is 0 Å². The lowest BCUT2D eigenvalue weighted by Gasteiger charge is -2.06. The van der Waals surface area contributed by atoms with Crippen molar-refractivity contribution in [2.24, 2.45) is 0 Å². The van der Waals surface area contributed by atoms with E-state index in [0.29, 0.717) is 17.0 Å². The van der Waals surface area contributed by atoms with Gasteiger partial charge in [-0.15, -0.1) is 0 Å². The molecule has 0 aliphatic carbocycles. The number of Topliss-reactive ketones (excluding diaryl/α,β-unsaturated/α-hetero) is 1. The number of nitrogens with zero attached hydrogens (tertiary/aromatic N) is 4. The number of alkyl halides is 3. The monoisotopic (exact) mass is 359 g/mol. The van der Waals surface area contributed by atoms with E-state index in [1.54, 1.807) is 13.8 Å². The van der Waals surface area contributed by atoms with Crippen LogP contribution in [0.25, 0.3) is 0 Å². The second-order valence-electron chi connectivity index (χ2n) is 5.37. The van der Waals surface area contributed by atoms with Gasteiger partial charge >= 0.3 is 12.1 Å². The number of amides is 1. The molecule has 8 nitrogen and oxygen atoms in total. The van der Waals surface area contributed by atoms with Gasteiger partial charge in [-0.2, -0.15) is 23.3 Å². The first-order valence-corrected chi connectivity index (χ1v) is 7.31. The summed E-state index contributed by atoms with van der Waals surface area (Å²) < 4.78 is 42.5. The fraction of sp³-hybridized carbons (Fsp3) is 0.500. The minimum absolute atomic E-state index is 0.0128. The second-order valence-corrected chi connectivity index (χ2v) is 5.37. The topological polar surface area (TPSA) is 103 Å². The normalized spacial score (nSPS) is 11.6. The number of rotatable bonds is 6. The summed E-state index contributed by atoms with van der Waals surface area (Å²) in [5.74, 6) is -2.12. The van der Waals surface area contributed by atoms with E-state index in [1.165, 1.54) is 11.6 Å². The third-order valence-electron chi connectivity index (χ3n) is 3.41. The fourth-order valence-electron chi connectivity index (χ4n) is 2.34. The van der Waals surface area contributed by atoms with Gasteiger partial charge in [-0.05, 0) is 20.8 Å². The third kappa shape index (κ3) is 4.43. The summed E-state index contributed by atoms with van der Waals surface area (Å²) in [6.45, 7) is 4.70. The molecule has 2 rings (SSSR count). The Balaban J connectivity index is 1.88. The average molecular weight is 359 g/mol. The van der Waals surface area contributed by atoms with E-state index < -0.39 is 18.0 Å². The molecule has 0 aliphatic heterocycles. The summed E-state index contributed by atoms with van der Waals surface area (Å²) in [6.07, 6.45) is -4.71. The van der Waals surface area contributed by atoms with E-state index in [4.69, 9.17) is 0 Å². The molecule has 11 heteroatoms. The Morgan fingerprint density at radius 3 is 2.48 bits per heavy atom. The first-order valence-electron chi connectivity index (χ1n) is 7.31. The van der Waals surface area contributed by atoms with Crippen molar-refractivity contribution >= 4 is 11.7 Å². The van der Waals surface area contributed by atoms with Gasteiger partial charge in [0, 0.05) is 18.7 Å². The summed E-state index contributed by atoms with van der Waals surface area (Å²) in [5.41, 5.74) is 1.58. The average Bonchev–Trinajstić information content (AvgIpc) is 3.04. The van der Waals surface area contributed by atoms with Gasteiger partial charge in [-0.3, -0.25) is 14.3 Å². The molecular weight excluding hydrogens is 343 g/mol. The Morgan fingerprint density at radius 2 is 1.96 bits per heavy atom. The number of hydrogen-bond donors (Lipinski definition) is 1. The van der Waals surface area contributed by atoms with Crippen LogP contribution in [-0.4, -0.2) is 38.2 Å². The van der Waals surface area contributed by atoms with Crippen LogP contribution in [0.5, 0.6) is 0 Å². The molecule has 0 radical (unpaired) electrons. The Hall–Kier alpha value is -2.72. The lowest BCUT2D eigenvalue weighted by atomic mass is 10.1. The van der Waals surface area contributed by atoms with Gasteiger partial charge in [-0.25, -0.2) is 0 Å². The van der Waals surface area contributed by atoms with Crippen LogP contribution in [-0.2, 0) is 23.9 Å². The number of halogens is 3. The number of aryl methyl sites for hydroxylation is 1. The first-order chi connectivity index (χ1) is 11.6. The van der Waals surface area contributed by atoms with Crippen molar-refractivity contribution in [3.05, 3.63) is 28.7 Å². The highest BCUT2D eigenvalue weighted by Gasteiger charge is 2.38. The molecule has 0 fully saturated rings. The van der Waals surface area contributed by atoms with E-state index in [9.17, 15) is 22.8 Å². The number of carbonyl (C=O) groups excluding carboxylic acids is 2. The highest BCUT2D eigenvalue weighted by Crippen LogP contribution is 2.27. The van der Waals surface area contributed by atoms with Crippen molar-refractivity contribution in [3.63, 3.8) is 0 Å². The molecule has 2 aromatic heterocycles. The molecule has 1 amide bonds. The minimum atomic E-state index is -4.70. The van der Waals surface area contributed by atoms with Crippen molar-refractivity contribution < 1.29 is 27.3 Å². The molecule has 0 aromatic carbocycles. The van der Waals surface area contributed by atoms with Crippen LogP contribution < -0.4 is 5.32 Å².